The molecule has 6 aromatic carbocycles. The Kier molecular flexibility index (Phi) is 7.73. The number of nitrogens with zero attached hydrogens (tertiary/aromatic N) is 4. The molecule has 0 atom stereocenters. The first kappa shape index (κ1) is 31.4. The highest BCUT2D eigenvalue weighted by Gasteiger charge is 2.21. The monoisotopic (exact) mass is 691 g/mol. The molecule has 1 N–H and O–H groups in total. The van der Waals surface area contributed by atoms with Gasteiger partial charge in [-0.15, -0.1) is 0 Å². The van der Waals surface area contributed by atoms with Crippen LogP contribution in [0.2, 0.25) is 0 Å². The summed E-state index contributed by atoms with van der Waals surface area (Å²) in [7, 11) is 0. The van der Waals surface area contributed by atoms with Crippen LogP contribution in [-0.2, 0) is 0 Å². The molecule has 10 rings (SSSR count). The van der Waals surface area contributed by atoms with Crippen molar-refractivity contribution in [1.82, 2.24) is 24.5 Å². The number of aromatic amines is 1. The van der Waals surface area contributed by atoms with Gasteiger partial charge in [0.1, 0.15) is 11.3 Å². The van der Waals surface area contributed by atoms with Crippen molar-refractivity contribution >= 4 is 22.2 Å². The molecule has 254 valence electrons. The van der Waals surface area contributed by atoms with Crippen LogP contribution in [-0.4, -0.2) is 24.5 Å². The van der Waals surface area contributed by atoms with E-state index in [1.165, 1.54) is 11.1 Å². The van der Waals surface area contributed by atoms with Gasteiger partial charge >= 0.3 is 0 Å². The highest BCUT2D eigenvalue weighted by Crippen LogP contribution is 2.42. The third kappa shape index (κ3) is 5.47. The maximum absolute atomic E-state index is 5.11. The van der Waals surface area contributed by atoms with E-state index in [2.05, 4.69) is 167 Å². The summed E-state index contributed by atoms with van der Waals surface area (Å²) < 4.78 is 2.18. The van der Waals surface area contributed by atoms with E-state index in [1.807, 2.05) is 36.7 Å². The zero-order valence-corrected chi connectivity index (χ0v) is 29.3. The molecular formula is C49H33N5. The highest BCUT2D eigenvalue weighted by atomic mass is 15.1. The fourth-order valence-electron chi connectivity index (χ4n) is 7.58. The molecule has 0 aliphatic carbocycles. The SMILES string of the molecule is c1ccc(-c2ccccc2-c2c(-c3ccc(-c4ccc(-c5nc6cccnc6n5-c5ccccc5-c5ccccc5)cc4)cc3)[nH]c3cccnc23)cc1. The minimum Gasteiger partial charge on any atom is -0.353 e. The molecule has 0 spiro atoms. The van der Waals surface area contributed by atoms with E-state index in [0.717, 1.165) is 83.9 Å². The molecule has 54 heavy (non-hydrogen) atoms. The average molecular weight is 692 g/mol. The van der Waals surface area contributed by atoms with Gasteiger partial charge in [-0.25, -0.2) is 9.97 Å². The van der Waals surface area contributed by atoms with Crippen LogP contribution in [0, 0.1) is 0 Å². The number of para-hydroxylation sites is 1. The molecule has 4 heterocycles. The molecule has 5 nitrogen and oxygen atoms in total. The fourth-order valence-corrected chi connectivity index (χ4v) is 7.58. The summed E-state index contributed by atoms with van der Waals surface area (Å²) in [5.41, 5.74) is 17.0. The van der Waals surface area contributed by atoms with Crippen LogP contribution in [0.4, 0.5) is 0 Å². The Labute approximate surface area is 312 Å². The highest BCUT2D eigenvalue weighted by molar-refractivity contribution is 6.05. The normalized spacial score (nSPS) is 11.3. The molecule has 0 saturated carbocycles. The minimum absolute atomic E-state index is 0.827. The van der Waals surface area contributed by atoms with Crippen LogP contribution >= 0.6 is 0 Å². The number of aromatic nitrogens is 5. The molecule has 0 unspecified atom stereocenters. The summed E-state index contributed by atoms with van der Waals surface area (Å²) in [6, 6.07) is 63.6. The van der Waals surface area contributed by atoms with E-state index in [4.69, 9.17) is 15.0 Å². The van der Waals surface area contributed by atoms with Gasteiger partial charge in [0, 0.05) is 29.1 Å². The number of fused-ring (bicyclic) bond motifs is 2. The van der Waals surface area contributed by atoms with E-state index >= 15 is 0 Å². The maximum Gasteiger partial charge on any atom is 0.164 e. The quantitative estimate of drug-likeness (QED) is 0.181. The predicted octanol–water partition coefficient (Wildman–Crippen LogP) is 12.3. The molecule has 0 aliphatic heterocycles. The first-order valence-electron chi connectivity index (χ1n) is 18.1. The minimum atomic E-state index is 0.827. The van der Waals surface area contributed by atoms with Gasteiger partial charge in [0.25, 0.3) is 0 Å². The summed E-state index contributed by atoms with van der Waals surface area (Å²) in [5, 5.41) is 0. The molecule has 5 heteroatoms. The van der Waals surface area contributed by atoms with Crippen molar-refractivity contribution < 1.29 is 0 Å². The van der Waals surface area contributed by atoms with Crippen molar-refractivity contribution in [2.24, 2.45) is 0 Å². The van der Waals surface area contributed by atoms with Crippen molar-refractivity contribution in [3.05, 3.63) is 194 Å². The van der Waals surface area contributed by atoms with E-state index < -0.39 is 0 Å². The fraction of sp³-hybridized carbons (Fsp3) is 0. The Morgan fingerprint density at radius 3 is 1.69 bits per heavy atom. The number of hydrogen-bond donors (Lipinski definition) is 1. The Bertz CT molecular complexity index is 2700. The summed E-state index contributed by atoms with van der Waals surface area (Å²) in [6.45, 7) is 0. The third-order valence-electron chi connectivity index (χ3n) is 10.1. The molecule has 0 fully saturated rings. The van der Waals surface area contributed by atoms with E-state index in [-0.39, 0.29) is 0 Å². The molecule has 0 radical (unpaired) electrons. The van der Waals surface area contributed by atoms with E-state index in [9.17, 15) is 0 Å². The number of benzene rings is 6. The Morgan fingerprint density at radius 2 is 0.963 bits per heavy atom. The van der Waals surface area contributed by atoms with E-state index in [1.54, 1.807) is 0 Å². The van der Waals surface area contributed by atoms with Crippen LogP contribution in [0.3, 0.4) is 0 Å². The second kappa shape index (κ2) is 13.3. The second-order valence-electron chi connectivity index (χ2n) is 13.3. The lowest BCUT2D eigenvalue weighted by Crippen LogP contribution is -2.01. The van der Waals surface area contributed by atoms with Gasteiger partial charge in [-0.05, 0) is 69.3 Å². The molecule has 10 aromatic rings. The first-order valence-corrected chi connectivity index (χ1v) is 18.1. The largest absolute Gasteiger partial charge is 0.353 e. The number of nitrogens with one attached hydrogen (secondary N) is 1. The Hall–Kier alpha value is -7.37. The summed E-state index contributed by atoms with van der Waals surface area (Å²) in [5.74, 6) is 0.852. The summed E-state index contributed by atoms with van der Waals surface area (Å²) >= 11 is 0. The standard InChI is InChI=1S/C49H33N5/c1-3-13-35(14-4-1)39-17-7-8-19-41(39)45-46(52-42-20-11-31-50-47(42)45)37-27-23-33(24-28-37)34-25-29-38(30-26-34)48-53-43-21-12-32-51-49(43)54(48)44-22-10-9-18-40(44)36-15-5-2-6-16-36/h1-32,52H. The number of pyridine rings is 2. The van der Waals surface area contributed by atoms with Crippen molar-refractivity contribution in [2.75, 3.05) is 0 Å². The van der Waals surface area contributed by atoms with Crippen molar-refractivity contribution in [3.63, 3.8) is 0 Å². The van der Waals surface area contributed by atoms with Gasteiger partial charge in [-0.3, -0.25) is 9.55 Å². The van der Waals surface area contributed by atoms with Crippen molar-refractivity contribution in [1.29, 1.82) is 0 Å². The topological polar surface area (TPSA) is 59.4 Å². The maximum atomic E-state index is 5.11. The number of rotatable bonds is 7. The zero-order chi connectivity index (χ0) is 35.8. The van der Waals surface area contributed by atoms with Gasteiger partial charge in [-0.1, -0.05) is 152 Å². The van der Waals surface area contributed by atoms with Crippen LogP contribution in [0.1, 0.15) is 0 Å². The first-order chi connectivity index (χ1) is 26.8. The van der Waals surface area contributed by atoms with Gasteiger partial charge < -0.3 is 4.98 Å². The van der Waals surface area contributed by atoms with Gasteiger partial charge in [0.05, 0.1) is 22.4 Å². The molecular weight excluding hydrogens is 659 g/mol. The van der Waals surface area contributed by atoms with Crippen LogP contribution in [0.15, 0.2) is 194 Å². The Balaban J connectivity index is 1.03. The van der Waals surface area contributed by atoms with Crippen LogP contribution in [0.25, 0.3) is 95.0 Å². The smallest absolute Gasteiger partial charge is 0.164 e. The lowest BCUT2D eigenvalue weighted by molar-refractivity contribution is 1.08. The average Bonchev–Trinajstić information content (AvgIpc) is 3.84. The van der Waals surface area contributed by atoms with Crippen molar-refractivity contribution in [2.45, 2.75) is 0 Å². The summed E-state index contributed by atoms with van der Waals surface area (Å²) in [4.78, 5) is 18.5. The number of hydrogen-bond acceptors (Lipinski definition) is 3. The van der Waals surface area contributed by atoms with Gasteiger partial charge in [0.2, 0.25) is 0 Å². The van der Waals surface area contributed by atoms with Gasteiger partial charge in [-0.2, -0.15) is 0 Å². The molecule has 0 bridgehead atoms. The second-order valence-corrected chi connectivity index (χ2v) is 13.3. The summed E-state index contributed by atoms with van der Waals surface area (Å²) in [6.07, 6.45) is 3.70. The molecule has 0 saturated heterocycles. The zero-order valence-electron chi connectivity index (χ0n) is 29.3. The van der Waals surface area contributed by atoms with Crippen LogP contribution < -0.4 is 0 Å². The van der Waals surface area contributed by atoms with Crippen molar-refractivity contribution in [3.8, 4) is 72.8 Å². The lowest BCUT2D eigenvalue weighted by atomic mass is 9.92. The predicted molar refractivity (Wildman–Crippen MR) is 221 cm³/mol. The number of imidazole rings is 1. The van der Waals surface area contributed by atoms with Crippen LogP contribution in [0.5, 0.6) is 0 Å². The molecule has 0 aliphatic rings. The van der Waals surface area contributed by atoms with E-state index in [0.29, 0.717) is 0 Å². The number of H-pyrrole nitrogens is 1. The molecule has 4 aromatic heterocycles. The third-order valence-corrected chi connectivity index (χ3v) is 10.1. The lowest BCUT2D eigenvalue weighted by Gasteiger charge is -2.14. The Morgan fingerprint density at radius 1 is 0.407 bits per heavy atom. The molecule has 0 amide bonds. The van der Waals surface area contributed by atoms with Gasteiger partial charge in [0.15, 0.2) is 5.65 Å².